The second-order valence-electron chi connectivity index (χ2n) is 5.83. The Hall–Kier alpha value is -1.37. The number of rotatable bonds is 7. The number of allylic oxidation sites excluding steroid dienone is 3. The monoisotopic (exact) mass is 344 g/mol. The minimum Gasteiger partial charge on any atom is -0.252 e. The third kappa shape index (κ3) is 4.56. The third-order valence-electron chi connectivity index (χ3n) is 4.15. The molecule has 0 aromatic rings. The summed E-state index contributed by atoms with van der Waals surface area (Å²) in [4.78, 5) is 29.4. The van der Waals surface area contributed by atoms with Crippen LogP contribution < -0.4 is 0 Å². The summed E-state index contributed by atoms with van der Waals surface area (Å²) in [6.07, 6.45) is 9.95. The van der Waals surface area contributed by atoms with Gasteiger partial charge in [-0.25, -0.2) is 9.36 Å². The first-order valence-corrected chi connectivity index (χ1v) is 9.29. The van der Waals surface area contributed by atoms with Gasteiger partial charge in [-0.1, -0.05) is 30.9 Å². The van der Waals surface area contributed by atoms with Crippen LogP contribution in [0.25, 0.3) is 0 Å². The normalized spacial score (nSPS) is 22.1. The molecular weight excluding hydrogens is 321 g/mol. The maximum atomic E-state index is 11.7. The van der Waals surface area contributed by atoms with Crippen molar-refractivity contribution in [2.75, 3.05) is 20.4 Å². The second-order valence-corrected chi connectivity index (χ2v) is 7.79. The molecular formula is C14H23N3O5P+. The number of hydrogen-bond acceptors (Lipinski definition) is 6. The van der Waals surface area contributed by atoms with Crippen molar-refractivity contribution in [2.24, 2.45) is 10.9 Å². The molecule has 0 bridgehead atoms. The van der Waals surface area contributed by atoms with E-state index in [4.69, 9.17) is 9.36 Å². The van der Waals surface area contributed by atoms with E-state index in [1.54, 1.807) is 5.06 Å². The molecule has 23 heavy (non-hydrogen) atoms. The molecule has 2 aliphatic rings. The molecule has 0 saturated heterocycles. The third-order valence-corrected chi connectivity index (χ3v) is 5.51. The maximum absolute atomic E-state index is 11.7. The van der Waals surface area contributed by atoms with E-state index in [0.29, 0.717) is 12.5 Å². The van der Waals surface area contributed by atoms with Gasteiger partial charge >= 0.3 is 7.67 Å². The van der Waals surface area contributed by atoms with Crippen molar-refractivity contribution in [1.29, 1.82) is 0 Å². The summed E-state index contributed by atoms with van der Waals surface area (Å²) in [7, 11) is -3.31. The molecule has 9 heteroatoms. The largest absolute Gasteiger partial charge is 0.667 e. The minimum absolute atomic E-state index is 0.0680. The van der Waals surface area contributed by atoms with E-state index in [-0.39, 0.29) is 4.53 Å². The molecule has 0 radical (unpaired) electrons. The summed E-state index contributed by atoms with van der Waals surface area (Å²) in [6, 6.07) is 0. The van der Waals surface area contributed by atoms with Crippen LogP contribution >= 0.6 is 7.67 Å². The van der Waals surface area contributed by atoms with E-state index in [2.05, 4.69) is 11.0 Å². The lowest BCUT2D eigenvalue weighted by Gasteiger charge is -2.34. The summed E-state index contributed by atoms with van der Waals surface area (Å²) >= 11 is 0. The van der Waals surface area contributed by atoms with Crippen LogP contribution in [-0.2, 0) is 13.9 Å². The fraction of sp³-hybridized carbons (Fsp3) is 0.714. The Balaban J connectivity index is 1.98. The fourth-order valence-corrected chi connectivity index (χ4v) is 3.35. The molecule has 0 spiro atoms. The van der Waals surface area contributed by atoms with Gasteiger partial charge in [0.15, 0.2) is 13.8 Å². The van der Waals surface area contributed by atoms with Crippen molar-refractivity contribution in [2.45, 2.75) is 39.0 Å². The highest BCUT2D eigenvalue weighted by Gasteiger charge is 2.42. The van der Waals surface area contributed by atoms with Crippen molar-refractivity contribution >= 4 is 7.67 Å². The lowest BCUT2D eigenvalue weighted by Crippen LogP contribution is -2.31. The Morgan fingerprint density at radius 3 is 2.70 bits per heavy atom. The average Bonchev–Trinajstić information content (AvgIpc) is 2.56. The lowest BCUT2D eigenvalue weighted by atomic mass is 9.85. The summed E-state index contributed by atoms with van der Waals surface area (Å²) in [5.74, 6) is 0.422. The van der Waals surface area contributed by atoms with E-state index in [1.807, 2.05) is 13.0 Å². The van der Waals surface area contributed by atoms with Crippen LogP contribution in [0.4, 0.5) is 0 Å². The Kier molecular flexibility index (Phi) is 6.21. The zero-order valence-electron chi connectivity index (χ0n) is 13.5. The van der Waals surface area contributed by atoms with Gasteiger partial charge in [0.2, 0.25) is 0 Å². The van der Waals surface area contributed by atoms with Crippen LogP contribution in [0.15, 0.2) is 28.4 Å². The Bertz CT molecular complexity index is 569. The summed E-state index contributed by atoms with van der Waals surface area (Å²) in [5.41, 5.74) is 2.24. The SMILES string of the molecule is CC1=CCN(OCOP(=O)(N=O)[N+](C)=O)C(C2CCCCC2)=C1. The van der Waals surface area contributed by atoms with Crippen LogP contribution in [0, 0.1) is 15.7 Å². The van der Waals surface area contributed by atoms with Gasteiger partial charge in [0.1, 0.15) is 0 Å². The van der Waals surface area contributed by atoms with Crippen LogP contribution in [0.3, 0.4) is 0 Å². The van der Waals surface area contributed by atoms with Crippen LogP contribution in [0.1, 0.15) is 39.0 Å². The number of hydroxylamine groups is 2. The number of nitroso groups, excluding NO2 is 2. The quantitative estimate of drug-likeness (QED) is 0.395. The van der Waals surface area contributed by atoms with E-state index < -0.39 is 14.5 Å². The summed E-state index contributed by atoms with van der Waals surface area (Å²) in [6.45, 7) is 2.11. The zero-order valence-corrected chi connectivity index (χ0v) is 14.4. The lowest BCUT2D eigenvalue weighted by molar-refractivity contribution is -0.377. The molecule has 1 fully saturated rings. The first-order chi connectivity index (χ1) is 11.0. The molecule has 1 unspecified atom stereocenters. The average molecular weight is 344 g/mol. The second kappa shape index (κ2) is 7.95. The van der Waals surface area contributed by atoms with Gasteiger partial charge in [-0.2, -0.15) is 4.57 Å². The van der Waals surface area contributed by atoms with Crippen molar-refractivity contribution in [1.82, 2.24) is 5.06 Å². The Morgan fingerprint density at radius 1 is 1.39 bits per heavy atom. The van der Waals surface area contributed by atoms with Crippen LogP contribution in [0.2, 0.25) is 0 Å². The first kappa shape index (κ1) is 18.0. The van der Waals surface area contributed by atoms with E-state index in [9.17, 15) is 14.4 Å². The highest BCUT2D eigenvalue weighted by molar-refractivity contribution is 7.50. The number of hydrogen-bond donors (Lipinski definition) is 0. The molecule has 0 aromatic carbocycles. The van der Waals surface area contributed by atoms with E-state index in [0.717, 1.165) is 25.6 Å². The molecule has 2 rings (SSSR count). The first-order valence-electron chi connectivity index (χ1n) is 7.76. The molecule has 0 N–H and O–H groups in total. The smallest absolute Gasteiger partial charge is 0.252 e. The molecule has 1 heterocycles. The van der Waals surface area contributed by atoms with Gasteiger partial charge in [-0.3, -0.25) is 5.06 Å². The molecule has 1 saturated carbocycles. The minimum atomic E-state index is -4.24. The molecule has 0 aromatic heterocycles. The molecule has 1 aliphatic carbocycles. The van der Waals surface area contributed by atoms with Crippen molar-refractivity contribution < 1.29 is 18.5 Å². The Labute approximate surface area is 135 Å². The van der Waals surface area contributed by atoms with Crippen LogP contribution in [-0.4, -0.2) is 30.0 Å². The van der Waals surface area contributed by atoms with Gasteiger partial charge < -0.3 is 0 Å². The summed E-state index contributed by atoms with van der Waals surface area (Å²) < 4.78 is 16.5. The number of nitrogens with zero attached hydrogens (tertiary/aromatic N) is 3. The van der Waals surface area contributed by atoms with E-state index in [1.165, 1.54) is 24.8 Å². The standard InChI is InChI=1S/C14H23N3O5P/c1-12-8-9-17(14(10-12)13-6-4-3-5-7-13)21-11-22-23(20,15-18)16(2)19/h8,10,13H,3-7,9,11H2,1-2H3/q+1. The van der Waals surface area contributed by atoms with Crippen molar-refractivity contribution in [3.8, 4) is 0 Å². The van der Waals surface area contributed by atoms with Gasteiger partial charge in [-0.15, -0.1) is 4.91 Å². The molecule has 128 valence electrons. The van der Waals surface area contributed by atoms with Crippen molar-refractivity contribution in [3.05, 3.63) is 33.2 Å². The molecule has 0 amide bonds. The predicted octanol–water partition coefficient (Wildman–Crippen LogP) is 3.90. The maximum Gasteiger partial charge on any atom is 0.667 e. The molecule has 8 nitrogen and oxygen atoms in total. The van der Waals surface area contributed by atoms with Gasteiger partial charge in [0.25, 0.3) is 0 Å². The van der Waals surface area contributed by atoms with Gasteiger partial charge in [0, 0.05) is 16.5 Å². The highest BCUT2D eigenvalue weighted by Crippen LogP contribution is 2.47. The predicted molar refractivity (Wildman–Crippen MR) is 85.1 cm³/mol. The van der Waals surface area contributed by atoms with Gasteiger partial charge in [-0.05, 0) is 25.8 Å². The fourth-order valence-electron chi connectivity index (χ4n) is 2.86. The summed E-state index contributed by atoms with van der Waals surface area (Å²) in [5, 5.41) is 1.68. The van der Waals surface area contributed by atoms with Gasteiger partial charge in [0.05, 0.1) is 16.0 Å². The zero-order chi connectivity index (χ0) is 16.9. The Morgan fingerprint density at radius 2 is 2.09 bits per heavy atom. The molecule has 1 atom stereocenters. The topological polar surface area (TPSA) is 88.3 Å². The highest BCUT2D eigenvalue weighted by atomic mass is 31.2. The van der Waals surface area contributed by atoms with Crippen molar-refractivity contribution in [3.63, 3.8) is 0 Å². The molecule has 1 aliphatic heterocycles. The van der Waals surface area contributed by atoms with E-state index >= 15 is 0 Å². The van der Waals surface area contributed by atoms with Crippen LogP contribution in [0.5, 0.6) is 0 Å².